The van der Waals surface area contributed by atoms with Crippen LogP contribution in [0.4, 0.5) is 5.69 Å². The van der Waals surface area contributed by atoms with Crippen molar-refractivity contribution in [1.82, 2.24) is 5.32 Å². The van der Waals surface area contributed by atoms with Crippen LogP contribution >= 0.6 is 0 Å². The molecule has 0 aromatic heterocycles. The summed E-state index contributed by atoms with van der Waals surface area (Å²) in [5, 5.41) is 5.16. The largest absolute Gasteiger partial charge is 0.456 e. The molecule has 0 saturated carbocycles. The fourth-order valence-corrected chi connectivity index (χ4v) is 2.71. The third-order valence-electron chi connectivity index (χ3n) is 4.28. The maximum atomic E-state index is 12.2. The molecule has 0 unspecified atom stereocenters. The molecule has 1 heterocycles. The normalized spacial score (nSPS) is 14.9. The minimum absolute atomic E-state index is 0.116. The van der Waals surface area contributed by atoms with Crippen LogP contribution in [0.2, 0.25) is 0 Å². The van der Waals surface area contributed by atoms with Crippen molar-refractivity contribution in [1.29, 1.82) is 0 Å². The van der Waals surface area contributed by atoms with Crippen molar-refractivity contribution in [2.75, 3.05) is 18.5 Å². The summed E-state index contributed by atoms with van der Waals surface area (Å²) in [6.07, 6.45) is 0. The van der Waals surface area contributed by atoms with Crippen molar-refractivity contribution in [3.05, 3.63) is 65.2 Å². The van der Waals surface area contributed by atoms with E-state index < -0.39 is 18.5 Å². The summed E-state index contributed by atoms with van der Waals surface area (Å²) in [5.41, 5.74) is 2.21. The molecule has 7 heteroatoms. The van der Waals surface area contributed by atoms with Crippen LogP contribution in [-0.2, 0) is 14.3 Å². The summed E-state index contributed by atoms with van der Waals surface area (Å²) in [4.78, 5) is 47.5. The molecular weight excluding hydrogens is 348 g/mol. The number of hydrogen-bond donors (Lipinski definition) is 2. The smallest absolute Gasteiger partial charge is 0.325 e. The molecule has 138 valence electrons. The molecule has 0 bridgehead atoms. The quantitative estimate of drug-likeness (QED) is 0.601. The van der Waals surface area contributed by atoms with E-state index in [-0.39, 0.29) is 24.2 Å². The highest BCUT2D eigenvalue weighted by Gasteiger charge is 2.27. The van der Waals surface area contributed by atoms with Crippen LogP contribution in [0.1, 0.15) is 39.1 Å². The van der Waals surface area contributed by atoms with Gasteiger partial charge in [0, 0.05) is 16.8 Å². The average Bonchev–Trinajstić information content (AvgIpc) is 2.98. The predicted molar refractivity (Wildman–Crippen MR) is 97.6 cm³/mol. The van der Waals surface area contributed by atoms with Crippen LogP contribution in [0, 0.1) is 0 Å². The zero-order chi connectivity index (χ0) is 19.4. The van der Waals surface area contributed by atoms with E-state index in [0.29, 0.717) is 16.8 Å². The summed E-state index contributed by atoms with van der Waals surface area (Å²) in [7, 11) is 0. The van der Waals surface area contributed by atoms with Crippen molar-refractivity contribution in [2.45, 2.75) is 12.8 Å². The van der Waals surface area contributed by atoms with Gasteiger partial charge >= 0.3 is 5.97 Å². The number of nitrogens with one attached hydrogen (secondary N) is 2. The molecule has 27 heavy (non-hydrogen) atoms. The predicted octanol–water partition coefficient (Wildman–Crippen LogP) is 1.90. The second kappa shape index (κ2) is 7.82. The number of ether oxygens (including phenoxy) is 1. The van der Waals surface area contributed by atoms with E-state index >= 15 is 0 Å². The minimum Gasteiger partial charge on any atom is -0.456 e. The van der Waals surface area contributed by atoms with E-state index in [2.05, 4.69) is 10.6 Å². The summed E-state index contributed by atoms with van der Waals surface area (Å²) in [6, 6.07) is 13.3. The lowest BCUT2D eigenvalue weighted by atomic mass is 9.99. The molecule has 0 spiro atoms. The second-order valence-corrected chi connectivity index (χ2v) is 6.15. The van der Waals surface area contributed by atoms with Crippen LogP contribution in [0.3, 0.4) is 0 Å². The lowest BCUT2D eigenvalue weighted by Gasteiger charge is -2.08. The maximum absolute atomic E-state index is 12.2. The van der Waals surface area contributed by atoms with Crippen molar-refractivity contribution in [3.63, 3.8) is 0 Å². The zero-order valence-electron chi connectivity index (χ0n) is 14.7. The van der Waals surface area contributed by atoms with Crippen LogP contribution in [0.25, 0.3) is 0 Å². The molecule has 0 fully saturated rings. The number of hydrogen-bond acceptors (Lipinski definition) is 5. The number of carbonyl (C=O) groups is 4. The summed E-state index contributed by atoms with van der Waals surface area (Å²) < 4.78 is 4.93. The van der Waals surface area contributed by atoms with Crippen LogP contribution in [0.5, 0.6) is 0 Å². The van der Waals surface area contributed by atoms with Gasteiger partial charge in [-0.05, 0) is 42.8 Å². The van der Waals surface area contributed by atoms with Gasteiger partial charge in [0.1, 0.15) is 6.54 Å². The first-order valence-electron chi connectivity index (χ1n) is 8.42. The number of Topliss-reactive ketones (excluding diaryl/α,β-unsaturated/α-hetero) is 1. The fraction of sp³-hybridized carbons (Fsp3) is 0.200. The molecule has 2 N–H and O–H groups in total. The van der Waals surface area contributed by atoms with Gasteiger partial charge in [-0.15, -0.1) is 0 Å². The Bertz CT molecular complexity index is 908. The van der Waals surface area contributed by atoms with E-state index in [0.717, 1.165) is 5.56 Å². The molecule has 1 aliphatic rings. The first-order chi connectivity index (χ1) is 13.0. The Kier molecular flexibility index (Phi) is 5.30. The van der Waals surface area contributed by atoms with Gasteiger partial charge in [0.25, 0.3) is 5.91 Å². The highest BCUT2D eigenvalue weighted by Crippen LogP contribution is 2.32. The third-order valence-corrected chi connectivity index (χ3v) is 4.28. The fourth-order valence-electron chi connectivity index (χ4n) is 2.71. The second-order valence-electron chi connectivity index (χ2n) is 6.15. The lowest BCUT2D eigenvalue weighted by molar-refractivity contribution is -0.141. The highest BCUT2D eigenvalue weighted by atomic mass is 16.5. The van der Waals surface area contributed by atoms with Gasteiger partial charge in [-0.25, -0.2) is 0 Å². The van der Waals surface area contributed by atoms with Crippen molar-refractivity contribution >= 4 is 29.3 Å². The van der Waals surface area contributed by atoms with Gasteiger partial charge in [0.05, 0.1) is 5.92 Å². The third kappa shape index (κ3) is 4.20. The Morgan fingerprint density at radius 3 is 2.56 bits per heavy atom. The molecule has 3 rings (SSSR count). The van der Waals surface area contributed by atoms with E-state index in [9.17, 15) is 19.2 Å². The zero-order valence-corrected chi connectivity index (χ0v) is 14.7. The number of fused-ring (bicyclic) bond motifs is 1. The number of anilines is 1. The Hall–Kier alpha value is -3.48. The van der Waals surface area contributed by atoms with Crippen molar-refractivity contribution in [3.8, 4) is 0 Å². The van der Waals surface area contributed by atoms with Gasteiger partial charge in [0.15, 0.2) is 12.4 Å². The van der Waals surface area contributed by atoms with Gasteiger partial charge < -0.3 is 15.4 Å². The molecule has 2 amide bonds. The van der Waals surface area contributed by atoms with E-state index in [4.69, 9.17) is 4.74 Å². The Labute approximate surface area is 155 Å². The Balaban J connectivity index is 1.50. The monoisotopic (exact) mass is 366 g/mol. The van der Waals surface area contributed by atoms with Gasteiger partial charge in [-0.1, -0.05) is 18.2 Å². The molecule has 0 aliphatic carbocycles. The van der Waals surface area contributed by atoms with E-state index in [1.807, 2.05) is 0 Å². The van der Waals surface area contributed by atoms with Crippen LogP contribution in [-0.4, -0.2) is 36.7 Å². The Morgan fingerprint density at radius 1 is 1.07 bits per heavy atom. The number of carbonyl (C=O) groups excluding carboxylic acids is 4. The van der Waals surface area contributed by atoms with Crippen molar-refractivity contribution < 1.29 is 23.9 Å². The topological polar surface area (TPSA) is 102 Å². The lowest BCUT2D eigenvalue weighted by Crippen LogP contribution is -2.31. The maximum Gasteiger partial charge on any atom is 0.325 e. The Morgan fingerprint density at radius 2 is 1.81 bits per heavy atom. The molecule has 1 aliphatic heterocycles. The van der Waals surface area contributed by atoms with Crippen LogP contribution in [0.15, 0.2) is 48.5 Å². The number of esters is 1. The molecule has 0 saturated heterocycles. The van der Waals surface area contributed by atoms with E-state index in [1.54, 1.807) is 55.5 Å². The van der Waals surface area contributed by atoms with Crippen LogP contribution < -0.4 is 10.6 Å². The average molecular weight is 366 g/mol. The van der Waals surface area contributed by atoms with Gasteiger partial charge in [-0.2, -0.15) is 0 Å². The number of benzene rings is 2. The first-order valence-corrected chi connectivity index (χ1v) is 8.42. The summed E-state index contributed by atoms with van der Waals surface area (Å²) >= 11 is 0. The molecular formula is C20H18N2O5. The van der Waals surface area contributed by atoms with E-state index in [1.165, 1.54) is 0 Å². The van der Waals surface area contributed by atoms with Gasteiger partial charge in [0.2, 0.25) is 5.91 Å². The summed E-state index contributed by atoms with van der Waals surface area (Å²) in [5.74, 6) is -1.94. The first kappa shape index (κ1) is 18.3. The molecule has 2 aromatic carbocycles. The number of ketones is 1. The molecule has 7 nitrogen and oxygen atoms in total. The SMILES string of the molecule is C[C@@H]1C(=O)Nc2ccc(C(=O)COC(=O)CNC(=O)c3ccccc3)cc21. The van der Waals surface area contributed by atoms with Crippen molar-refractivity contribution in [2.24, 2.45) is 0 Å². The molecule has 1 atom stereocenters. The standard InChI is InChI=1S/C20H18N2O5/c1-12-15-9-14(7-8-16(15)22-19(12)25)17(23)11-27-18(24)10-21-20(26)13-5-3-2-4-6-13/h2-9,12H,10-11H2,1H3,(H,21,26)(H,22,25)/t12-/m0/s1. The minimum atomic E-state index is -0.709. The molecule has 0 radical (unpaired) electrons. The number of rotatable bonds is 6. The summed E-state index contributed by atoms with van der Waals surface area (Å²) in [6.45, 7) is 0.986. The van der Waals surface area contributed by atoms with Gasteiger partial charge in [-0.3, -0.25) is 19.2 Å². The molecule has 2 aromatic rings. The number of amides is 2. The highest BCUT2D eigenvalue weighted by molar-refractivity contribution is 6.05.